The molecule has 0 N–H and O–H groups in total. The molecule has 6 nitrogen and oxygen atoms in total. The first-order valence-electron chi connectivity index (χ1n) is 9.81. The third-order valence-electron chi connectivity index (χ3n) is 4.88. The minimum Gasteiger partial charge on any atom is -0.491 e. The summed E-state index contributed by atoms with van der Waals surface area (Å²) in [4.78, 5) is 26.5. The highest BCUT2D eigenvalue weighted by Gasteiger charge is 2.23. The van der Waals surface area contributed by atoms with Crippen LogP contribution in [0.15, 0.2) is 23.3 Å². The lowest BCUT2D eigenvalue weighted by Gasteiger charge is -2.24. The Balaban J connectivity index is 2.02. The van der Waals surface area contributed by atoms with Gasteiger partial charge in [0.25, 0.3) is 5.56 Å². The zero-order valence-corrected chi connectivity index (χ0v) is 15.8. The van der Waals surface area contributed by atoms with E-state index in [9.17, 15) is 4.79 Å². The summed E-state index contributed by atoms with van der Waals surface area (Å²) >= 11 is 0. The average molecular weight is 356 g/mol. The number of aromatic nitrogens is 4. The predicted octanol–water partition coefficient (Wildman–Crippen LogP) is 3.81. The molecule has 3 rings (SSSR count). The number of aryl methyl sites for hydroxylation is 1. The molecule has 1 aliphatic rings. The summed E-state index contributed by atoms with van der Waals surface area (Å²) in [5.41, 5.74) is 0.801. The summed E-state index contributed by atoms with van der Waals surface area (Å²) in [7, 11) is 0. The standard InChI is InChI=1S/C20H28N4O2/c1-3-5-11-16-12-18(25)24(19(23-16)15-9-7-6-8-10-15)20-21-13-17(14-22-20)26-4-2/h12-15H,3-11H2,1-2H3. The molecule has 2 aromatic heterocycles. The van der Waals surface area contributed by atoms with Crippen molar-refractivity contribution in [3.63, 3.8) is 0 Å². The summed E-state index contributed by atoms with van der Waals surface area (Å²) in [6, 6.07) is 1.64. The van der Waals surface area contributed by atoms with Gasteiger partial charge in [0.05, 0.1) is 19.0 Å². The molecule has 0 saturated heterocycles. The fraction of sp³-hybridized carbons (Fsp3) is 0.600. The molecule has 1 saturated carbocycles. The molecule has 0 spiro atoms. The van der Waals surface area contributed by atoms with Gasteiger partial charge in [0.2, 0.25) is 5.95 Å². The smallest absolute Gasteiger partial charge is 0.260 e. The van der Waals surface area contributed by atoms with Gasteiger partial charge in [-0.2, -0.15) is 0 Å². The third-order valence-corrected chi connectivity index (χ3v) is 4.88. The molecule has 6 heteroatoms. The van der Waals surface area contributed by atoms with Gasteiger partial charge in [-0.25, -0.2) is 19.5 Å². The summed E-state index contributed by atoms with van der Waals surface area (Å²) in [5, 5.41) is 0. The molecule has 2 heterocycles. The van der Waals surface area contributed by atoms with Crippen molar-refractivity contribution >= 4 is 0 Å². The maximum Gasteiger partial charge on any atom is 0.260 e. The van der Waals surface area contributed by atoms with Crippen LogP contribution in [0.1, 0.15) is 76.2 Å². The molecule has 0 bridgehead atoms. The van der Waals surface area contributed by atoms with E-state index in [0.29, 0.717) is 24.2 Å². The molecule has 0 aromatic carbocycles. The Labute approximate surface area is 154 Å². The molecule has 26 heavy (non-hydrogen) atoms. The van der Waals surface area contributed by atoms with Crippen LogP contribution in [0.4, 0.5) is 0 Å². The minimum atomic E-state index is -0.0872. The highest BCUT2D eigenvalue weighted by atomic mass is 16.5. The Morgan fingerprint density at radius 3 is 2.54 bits per heavy atom. The van der Waals surface area contributed by atoms with Crippen molar-refractivity contribution in [1.29, 1.82) is 0 Å². The van der Waals surface area contributed by atoms with Crippen molar-refractivity contribution in [3.8, 4) is 11.7 Å². The maximum absolute atomic E-state index is 12.9. The Hall–Kier alpha value is -2.24. The van der Waals surface area contributed by atoms with Crippen molar-refractivity contribution in [2.24, 2.45) is 0 Å². The van der Waals surface area contributed by atoms with Gasteiger partial charge in [-0.15, -0.1) is 0 Å². The van der Waals surface area contributed by atoms with Crippen molar-refractivity contribution in [2.45, 2.75) is 71.1 Å². The van der Waals surface area contributed by atoms with E-state index in [-0.39, 0.29) is 5.56 Å². The number of rotatable bonds is 7. The van der Waals surface area contributed by atoms with Crippen LogP contribution in [-0.4, -0.2) is 26.1 Å². The van der Waals surface area contributed by atoms with E-state index >= 15 is 0 Å². The van der Waals surface area contributed by atoms with Crippen LogP contribution in [-0.2, 0) is 6.42 Å². The van der Waals surface area contributed by atoms with E-state index in [4.69, 9.17) is 9.72 Å². The molecule has 0 unspecified atom stereocenters. The number of hydrogen-bond acceptors (Lipinski definition) is 5. The van der Waals surface area contributed by atoms with Gasteiger partial charge in [-0.1, -0.05) is 32.6 Å². The lowest BCUT2D eigenvalue weighted by Crippen LogP contribution is -2.28. The SMILES string of the molecule is CCCCc1cc(=O)n(-c2ncc(OCC)cn2)c(C2CCCCC2)n1. The number of nitrogens with zero attached hydrogens (tertiary/aromatic N) is 4. The highest BCUT2D eigenvalue weighted by molar-refractivity contribution is 5.23. The molecular formula is C20H28N4O2. The normalized spacial score (nSPS) is 15.2. The fourth-order valence-corrected chi connectivity index (χ4v) is 3.54. The Morgan fingerprint density at radius 2 is 1.88 bits per heavy atom. The van der Waals surface area contributed by atoms with E-state index in [1.807, 2.05) is 6.92 Å². The minimum absolute atomic E-state index is 0.0872. The molecule has 140 valence electrons. The zero-order valence-electron chi connectivity index (χ0n) is 15.8. The topological polar surface area (TPSA) is 69.9 Å². The van der Waals surface area contributed by atoms with Crippen molar-refractivity contribution in [1.82, 2.24) is 19.5 Å². The van der Waals surface area contributed by atoms with E-state index in [0.717, 1.165) is 43.6 Å². The molecule has 2 aromatic rings. The van der Waals surface area contributed by atoms with Crippen LogP contribution in [0.25, 0.3) is 5.95 Å². The van der Waals surface area contributed by atoms with E-state index < -0.39 is 0 Å². The fourth-order valence-electron chi connectivity index (χ4n) is 3.54. The molecule has 0 radical (unpaired) electrons. The van der Waals surface area contributed by atoms with E-state index in [1.165, 1.54) is 19.3 Å². The first kappa shape index (κ1) is 18.5. The number of ether oxygens (including phenoxy) is 1. The first-order valence-corrected chi connectivity index (χ1v) is 9.81. The quantitative estimate of drug-likeness (QED) is 0.754. The van der Waals surface area contributed by atoms with Gasteiger partial charge in [-0.05, 0) is 32.6 Å². The van der Waals surface area contributed by atoms with E-state index in [2.05, 4.69) is 16.9 Å². The van der Waals surface area contributed by atoms with Crippen LogP contribution < -0.4 is 10.3 Å². The second kappa shape index (κ2) is 8.92. The molecule has 1 aliphatic carbocycles. The highest BCUT2D eigenvalue weighted by Crippen LogP contribution is 2.31. The summed E-state index contributed by atoms with van der Waals surface area (Å²) in [6.07, 6.45) is 12.0. The van der Waals surface area contributed by atoms with Gasteiger partial charge < -0.3 is 4.74 Å². The molecule has 1 fully saturated rings. The summed E-state index contributed by atoms with van der Waals surface area (Å²) < 4.78 is 7.01. The van der Waals surface area contributed by atoms with Crippen LogP contribution >= 0.6 is 0 Å². The Kier molecular flexibility index (Phi) is 6.36. The van der Waals surface area contributed by atoms with E-state index in [1.54, 1.807) is 23.0 Å². The van der Waals surface area contributed by atoms with Gasteiger partial charge in [0.15, 0.2) is 5.75 Å². The van der Waals surface area contributed by atoms with Gasteiger partial charge in [0.1, 0.15) is 5.82 Å². The molecular weight excluding hydrogens is 328 g/mol. The first-order chi connectivity index (χ1) is 12.7. The van der Waals surface area contributed by atoms with Gasteiger partial charge >= 0.3 is 0 Å². The third kappa shape index (κ3) is 4.29. The maximum atomic E-state index is 12.9. The predicted molar refractivity (Wildman–Crippen MR) is 101 cm³/mol. The lowest BCUT2D eigenvalue weighted by atomic mass is 9.88. The summed E-state index contributed by atoms with van der Waals surface area (Å²) in [5.74, 6) is 2.12. The number of unbranched alkanes of at least 4 members (excludes halogenated alkanes) is 1. The zero-order chi connectivity index (χ0) is 18.4. The van der Waals surface area contributed by atoms with Gasteiger partial charge in [0, 0.05) is 17.7 Å². The second-order valence-electron chi connectivity index (χ2n) is 6.87. The Bertz CT molecular complexity index is 764. The van der Waals surface area contributed by atoms with Crippen LogP contribution in [0.5, 0.6) is 5.75 Å². The van der Waals surface area contributed by atoms with Gasteiger partial charge in [-0.3, -0.25) is 4.79 Å². The van der Waals surface area contributed by atoms with Crippen LogP contribution in [0, 0.1) is 0 Å². The largest absolute Gasteiger partial charge is 0.491 e. The summed E-state index contributed by atoms with van der Waals surface area (Å²) in [6.45, 7) is 4.62. The molecule has 0 aliphatic heterocycles. The number of hydrogen-bond donors (Lipinski definition) is 0. The van der Waals surface area contributed by atoms with Crippen molar-refractivity contribution in [3.05, 3.63) is 40.3 Å². The molecule has 0 amide bonds. The van der Waals surface area contributed by atoms with Crippen LogP contribution in [0.3, 0.4) is 0 Å². The lowest BCUT2D eigenvalue weighted by molar-refractivity contribution is 0.337. The average Bonchev–Trinajstić information content (AvgIpc) is 2.68. The second-order valence-corrected chi connectivity index (χ2v) is 6.87. The van der Waals surface area contributed by atoms with Crippen LogP contribution in [0.2, 0.25) is 0 Å². The Morgan fingerprint density at radius 1 is 1.15 bits per heavy atom. The van der Waals surface area contributed by atoms with Crippen molar-refractivity contribution in [2.75, 3.05) is 6.61 Å². The molecule has 0 atom stereocenters. The van der Waals surface area contributed by atoms with Crippen molar-refractivity contribution < 1.29 is 4.74 Å². The monoisotopic (exact) mass is 356 g/mol.